The van der Waals surface area contributed by atoms with Crippen LogP contribution >= 0.6 is 11.6 Å². The van der Waals surface area contributed by atoms with Crippen LogP contribution in [0.15, 0.2) is 52.3 Å². The van der Waals surface area contributed by atoms with Crippen molar-refractivity contribution in [2.75, 3.05) is 5.32 Å². The minimum atomic E-state index is -4.10. The first-order valence-electron chi connectivity index (χ1n) is 6.33. The van der Waals surface area contributed by atoms with Gasteiger partial charge in [-0.15, -0.1) is 0 Å². The van der Waals surface area contributed by atoms with E-state index in [1.165, 1.54) is 18.2 Å². The van der Waals surface area contributed by atoms with Gasteiger partial charge in [-0.05, 0) is 18.2 Å². The highest BCUT2D eigenvalue weighted by molar-refractivity contribution is 7.97. The Kier molecular flexibility index (Phi) is 3.69. The molecule has 118 valence electrons. The first-order chi connectivity index (χ1) is 10.8. The Balaban J connectivity index is 2.02. The number of hydrogen-bond acceptors (Lipinski definition) is 3. The van der Waals surface area contributed by atoms with Gasteiger partial charge in [-0.2, -0.15) is 0 Å². The molecule has 0 fully saturated rings. The molecule has 0 atom stereocenters. The van der Waals surface area contributed by atoms with Crippen molar-refractivity contribution in [2.45, 2.75) is 4.90 Å². The smallest absolute Gasteiger partial charge is 0.269 e. The molecule has 23 heavy (non-hydrogen) atoms. The van der Waals surface area contributed by atoms with E-state index in [-0.39, 0.29) is 21.2 Å². The minimum Gasteiger partial charge on any atom is -0.319 e. The summed E-state index contributed by atoms with van der Waals surface area (Å²) in [6.07, 6.45) is 0. The monoisotopic (exact) mass is 355 g/mol. The molecule has 0 unspecified atom stereocenters. The van der Waals surface area contributed by atoms with Crippen molar-refractivity contribution < 1.29 is 22.0 Å². The highest BCUT2D eigenvalue weighted by Gasteiger charge is 2.39. The van der Waals surface area contributed by atoms with Crippen molar-refractivity contribution in [3.8, 4) is 0 Å². The van der Waals surface area contributed by atoms with E-state index in [1.807, 2.05) is 0 Å². The van der Waals surface area contributed by atoms with Crippen molar-refractivity contribution in [1.29, 1.82) is 0 Å². The number of anilines is 1. The summed E-state index contributed by atoms with van der Waals surface area (Å²) in [5.41, 5.74) is -0.140. The van der Waals surface area contributed by atoms with Gasteiger partial charge in [-0.1, -0.05) is 29.8 Å². The quantitative estimate of drug-likeness (QED) is 0.899. The highest BCUT2D eigenvalue weighted by atomic mass is 35.5. The Morgan fingerprint density at radius 3 is 2.43 bits per heavy atom. The minimum absolute atomic E-state index is 0.0882. The van der Waals surface area contributed by atoms with Crippen molar-refractivity contribution in [3.05, 3.63) is 64.6 Å². The predicted molar refractivity (Wildman–Crippen MR) is 81.4 cm³/mol. The Labute approximate surface area is 135 Å². The maximum Gasteiger partial charge on any atom is 0.269 e. The molecule has 3 rings (SSSR count). The maximum atomic E-state index is 13.6. The summed E-state index contributed by atoms with van der Waals surface area (Å²) in [6, 6.07) is 8.37. The number of benzene rings is 2. The topological polar surface area (TPSA) is 63.2 Å². The molecule has 2 aromatic carbocycles. The fraction of sp³-hybridized carbons (Fsp3) is 0. The summed E-state index contributed by atoms with van der Waals surface area (Å²) >= 11 is 6.01. The fourth-order valence-corrected chi connectivity index (χ4v) is 4.41. The Morgan fingerprint density at radius 2 is 1.78 bits per heavy atom. The fourth-order valence-electron chi connectivity index (χ4n) is 2.22. The van der Waals surface area contributed by atoms with Crippen LogP contribution in [0.2, 0.25) is 0 Å². The normalized spacial score (nSPS) is 15.4. The molecule has 8 heteroatoms. The molecule has 0 aromatic heterocycles. The average molecular weight is 356 g/mol. The van der Waals surface area contributed by atoms with E-state index in [0.717, 1.165) is 12.1 Å². The lowest BCUT2D eigenvalue weighted by Crippen LogP contribution is -2.20. The van der Waals surface area contributed by atoms with Crippen molar-refractivity contribution in [2.24, 2.45) is 0 Å². The van der Waals surface area contributed by atoms with Gasteiger partial charge < -0.3 is 5.32 Å². The van der Waals surface area contributed by atoms with Crippen LogP contribution in [0.5, 0.6) is 0 Å². The molecule has 4 nitrogen and oxygen atoms in total. The van der Waals surface area contributed by atoms with E-state index in [0.29, 0.717) is 6.07 Å². The molecule has 1 aliphatic heterocycles. The lowest BCUT2D eigenvalue weighted by atomic mass is 10.2. The highest BCUT2D eigenvalue weighted by Crippen LogP contribution is 2.41. The van der Waals surface area contributed by atoms with Crippen LogP contribution in [0, 0.1) is 11.6 Å². The van der Waals surface area contributed by atoms with Gasteiger partial charge in [0.15, 0.2) is 4.91 Å². The standard InChI is InChI=1S/C15H8ClF2NO3S/c16-13-9-3-1-2-4-12(9)23(21,22)14(13)15(20)19-11-6-5-8(17)7-10(11)18/h1-7H,(H,19,20). The zero-order valence-corrected chi connectivity index (χ0v) is 12.9. The third-order valence-electron chi connectivity index (χ3n) is 3.27. The van der Waals surface area contributed by atoms with E-state index >= 15 is 0 Å². The van der Waals surface area contributed by atoms with E-state index in [2.05, 4.69) is 5.32 Å². The molecule has 0 saturated carbocycles. The largest absolute Gasteiger partial charge is 0.319 e. The summed E-state index contributed by atoms with van der Waals surface area (Å²) in [5, 5.41) is 1.86. The van der Waals surface area contributed by atoms with Gasteiger partial charge >= 0.3 is 0 Å². The van der Waals surface area contributed by atoms with Crippen molar-refractivity contribution >= 4 is 38.1 Å². The molecule has 0 bridgehead atoms. The summed E-state index contributed by atoms with van der Waals surface area (Å²) in [6.45, 7) is 0. The number of sulfone groups is 1. The van der Waals surface area contributed by atoms with Crippen LogP contribution in [0.25, 0.3) is 5.03 Å². The second-order valence-electron chi connectivity index (χ2n) is 4.72. The van der Waals surface area contributed by atoms with Crippen LogP contribution in [-0.2, 0) is 14.6 Å². The van der Waals surface area contributed by atoms with Gasteiger partial charge in [0.1, 0.15) is 11.6 Å². The van der Waals surface area contributed by atoms with E-state index in [4.69, 9.17) is 11.6 Å². The molecule has 2 aromatic rings. The van der Waals surface area contributed by atoms with E-state index < -0.39 is 32.3 Å². The zero-order valence-electron chi connectivity index (χ0n) is 11.3. The Hall–Kier alpha value is -2.25. The predicted octanol–water partition coefficient (Wildman–Crippen LogP) is 3.30. The molecule has 0 spiro atoms. The first kappa shape index (κ1) is 15.6. The summed E-state index contributed by atoms with van der Waals surface area (Å²) in [4.78, 5) is 11.5. The van der Waals surface area contributed by atoms with Crippen LogP contribution in [0.4, 0.5) is 14.5 Å². The van der Waals surface area contributed by atoms with E-state index in [9.17, 15) is 22.0 Å². The molecule has 0 saturated heterocycles. The summed E-state index contributed by atoms with van der Waals surface area (Å²) in [7, 11) is -4.10. The molecule has 1 amide bonds. The molecule has 0 aliphatic carbocycles. The SMILES string of the molecule is O=C(Nc1ccc(F)cc1F)C1=C(Cl)c2ccccc2S1(=O)=O. The first-order valence-corrected chi connectivity index (χ1v) is 8.19. The lowest BCUT2D eigenvalue weighted by molar-refractivity contribution is -0.112. The van der Waals surface area contributed by atoms with Crippen molar-refractivity contribution in [3.63, 3.8) is 0 Å². The number of amides is 1. The second-order valence-corrected chi connectivity index (χ2v) is 6.95. The van der Waals surface area contributed by atoms with Gasteiger partial charge in [0.2, 0.25) is 9.84 Å². The number of carbonyl (C=O) groups excluding carboxylic acids is 1. The molecule has 1 N–H and O–H groups in total. The number of hydrogen-bond donors (Lipinski definition) is 1. The maximum absolute atomic E-state index is 13.6. The second kappa shape index (κ2) is 5.43. The van der Waals surface area contributed by atoms with Gasteiger partial charge in [-0.25, -0.2) is 17.2 Å². The molecule has 1 aliphatic rings. The van der Waals surface area contributed by atoms with Crippen molar-refractivity contribution in [1.82, 2.24) is 0 Å². The number of fused-ring (bicyclic) bond motifs is 1. The van der Waals surface area contributed by atoms with Gasteiger partial charge in [0.05, 0.1) is 15.6 Å². The van der Waals surface area contributed by atoms with E-state index in [1.54, 1.807) is 6.07 Å². The van der Waals surface area contributed by atoms with Crippen LogP contribution in [-0.4, -0.2) is 14.3 Å². The van der Waals surface area contributed by atoms with Crippen LogP contribution in [0.3, 0.4) is 0 Å². The average Bonchev–Trinajstić information content (AvgIpc) is 2.69. The zero-order chi connectivity index (χ0) is 16.8. The van der Waals surface area contributed by atoms with Crippen LogP contribution < -0.4 is 5.32 Å². The Morgan fingerprint density at radius 1 is 1.09 bits per heavy atom. The molecule has 1 heterocycles. The van der Waals surface area contributed by atoms with Crippen LogP contribution in [0.1, 0.15) is 5.56 Å². The number of nitrogens with one attached hydrogen (secondary N) is 1. The number of rotatable bonds is 2. The van der Waals surface area contributed by atoms with Gasteiger partial charge in [0, 0.05) is 11.6 Å². The van der Waals surface area contributed by atoms with Gasteiger partial charge in [0.25, 0.3) is 5.91 Å². The lowest BCUT2D eigenvalue weighted by Gasteiger charge is -2.07. The molecular formula is C15H8ClF2NO3S. The number of carbonyl (C=O) groups is 1. The third-order valence-corrected chi connectivity index (χ3v) is 5.63. The van der Waals surface area contributed by atoms with Gasteiger partial charge in [-0.3, -0.25) is 4.79 Å². The summed E-state index contributed by atoms with van der Waals surface area (Å²) < 4.78 is 51.3. The Bertz CT molecular complexity index is 970. The number of halogens is 3. The summed E-state index contributed by atoms with van der Waals surface area (Å²) in [5.74, 6) is -2.93. The molecular weight excluding hydrogens is 348 g/mol. The molecule has 0 radical (unpaired) electrons. The third kappa shape index (κ3) is 2.51.